The maximum Gasteiger partial charge on any atom is 0.282 e. The molecule has 2 aromatic carbocycles. The molecule has 0 bridgehead atoms. The Hall–Kier alpha value is -2.64. The van der Waals surface area contributed by atoms with Gasteiger partial charge >= 0.3 is 0 Å². The monoisotopic (exact) mass is 417 g/mol. The summed E-state index contributed by atoms with van der Waals surface area (Å²) in [4.78, 5) is 17.3. The third kappa shape index (κ3) is 5.49. The standard InChI is InChI=1S/C23H30FN3O3/c1-4-27(20-8-6-19(24)7-9-20)23(28)17-26-13-11-25(12-14-26)16-18-5-10-21(29-2)22(15-18)30-3/h5-10,15H,4,11-14,16-17H2,1-3H3/p+2. The highest BCUT2D eigenvalue weighted by molar-refractivity contribution is 5.93. The SMILES string of the molecule is CCN(C(=O)C[NH+]1CC[NH+](Cc2ccc(OC)c(OC)c2)CC1)c1ccc(F)cc1. The number of rotatable bonds is 8. The summed E-state index contributed by atoms with van der Waals surface area (Å²) in [5.41, 5.74) is 1.97. The minimum atomic E-state index is -0.290. The van der Waals surface area contributed by atoms with Crippen molar-refractivity contribution >= 4 is 11.6 Å². The van der Waals surface area contributed by atoms with E-state index in [0.717, 1.165) is 49.9 Å². The second-order valence-corrected chi connectivity index (χ2v) is 7.66. The number of carbonyl (C=O) groups excluding carboxylic acids is 1. The Balaban J connectivity index is 1.51. The molecule has 0 unspecified atom stereocenters. The summed E-state index contributed by atoms with van der Waals surface area (Å²) >= 11 is 0. The van der Waals surface area contributed by atoms with E-state index in [1.165, 1.54) is 27.5 Å². The van der Waals surface area contributed by atoms with E-state index >= 15 is 0 Å². The number of anilines is 1. The molecule has 0 aromatic heterocycles. The molecule has 1 aliphatic rings. The Morgan fingerprint density at radius 1 is 0.967 bits per heavy atom. The minimum absolute atomic E-state index is 0.0856. The molecule has 0 aliphatic carbocycles. The van der Waals surface area contributed by atoms with Crippen LogP contribution in [-0.4, -0.2) is 59.4 Å². The largest absolute Gasteiger partial charge is 0.493 e. The summed E-state index contributed by atoms with van der Waals surface area (Å²) < 4.78 is 23.9. The number of methoxy groups -OCH3 is 2. The van der Waals surface area contributed by atoms with Crippen molar-refractivity contribution in [2.24, 2.45) is 0 Å². The maximum atomic E-state index is 13.2. The summed E-state index contributed by atoms with van der Waals surface area (Å²) in [5.74, 6) is 1.29. The van der Waals surface area contributed by atoms with Gasteiger partial charge in [-0.3, -0.25) is 4.79 Å². The van der Waals surface area contributed by atoms with Crippen molar-refractivity contribution in [1.82, 2.24) is 0 Å². The van der Waals surface area contributed by atoms with Crippen LogP contribution in [0.25, 0.3) is 0 Å². The highest BCUT2D eigenvalue weighted by Gasteiger charge is 2.27. The van der Waals surface area contributed by atoms with Gasteiger partial charge in [-0.15, -0.1) is 0 Å². The van der Waals surface area contributed by atoms with Crippen molar-refractivity contribution in [1.29, 1.82) is 0 Å². The van der Waals surface area contributed by atoms with Gasteiger partial charge in [-0.1, -0.05) is 0 Å². The summed E-state index contributed by atoms with van der Waals surface area (Å²) in [6, 6.07) is 12.2. The third-order valence-electron chi connectivity index (χ3n) is 5.72. The van der Waals surface area contributed by atoms with Gasteiger partial charge in [0.2, 0.25) is 0 Å². The van der Waals surface area contributed by atoms with E-state index in [1.807, 2.05) is 19.1 Å². The molecule has 0 radical (unpaired) electrons. The predicted octanol–water partition coefficient (Wildman–Crippen LogP) is 0.179. The molecular weight excluding hydrogens is 385 g/mol. The molecule has 0 saturated carbocycles. The molecule has 7 heteroatoms. The zero-order valence-electron chi connectivity index (χ0n) is 18.0. The van der Waals surface area contributed by atoms with Crippen LogP contribution in [0.3, 0.4) is 0 Å². The van der Waals surface area contributed by atoms with Gasteiger partial charge in [-0.2, -0.15) is 0 Å². The first-order valence-corrected chi connectivity index (χ1v) is 10.5. The van der Waals surface area contributed by atoms with Gasteiger partial charge < -0.3 is 24.2 Å². The number of likely N-dealkylation sites (N-methyl/N-ethyl adjacent to an activating group) is 1. The van der Waals surface area contributed by atoms with E-state index in [2.05, 4.69) is 6.07 Å². The van der Waals surface area contributed by atoms with Crippen LogP contribution in [0.5, 0.6) is 11.5 Å². The summed E-state index contributed by atoms with van der Waals surface area (Å²) in [6.45, 7) is 7.85. The highest BCUT2D eigenvalue weighted by Crippen LogP contribution is 2.27. The lowest BCUT2D eigenvalue weighted by molar-refractivity contribution is -1.02. The first-order valence-electron chi connectivity index (χ1n) is 10.5. The molecule has 1 fully saturated rings. The van der Waals surface area contributed by atoms with Crippen LogP contribution in [0, 0.1) is 5.82 Å². The average molecular weight is 418 g/mol. The van der Waals surface area contributed by atoms with Gasteiger partial charge in [0.25, 0.3) is 5.91 Å². The number of hydrogen-bond donors (Lipinski definition) is 2. The molecule has 2 aromatic rings. The second kappa shape index (κ2) is 10.4. The Morgan fingerprint density at radius 2 is 1.60 bits per heavy atom. The van der Waals surface area contributed by atoms with Crippen LogP contribution in [0.4, 0.5) is 10.1 Å². The number of piperazine rings is 1. The van der Waals surface area contributed by atoms with E-state index in [1.54, 1.807) is 31.3 Å². The fourth-order valence-corrected chi connectivity index (χ4v) is 4.02. The molecule has 2 N–H and O–H groups in total. The van der Waals surface area contributed by atoms with Gasteiger partial charge in [-0.25, -0.2) is 4.39 Å². The molecule has 1 aliphatic heterocycles. The minimum Gasteiger partial charge on any atom is -0.493 e. The Bertz CT molecular complexity index is 836. The number of ether oxygens (including phenoxy) is 2. The van der Waals surface area contributed by atoms with Crippen molar-refractivity contribution in [2.45, 2.75) is 13.5 Å². The molecule has 3 rings (SSSR count). The number of carbonyl (C=O) groups is 1. The van der Waals surface area contributed by atoms with E-state index < -0.39 is 0 Å². The summed E-state index contributed by atoms with van der Waals surface area (Å²) in [7, 11) is 3.29. The van der Waals surface area contributed by atoms with Gasteiger partial charge in [0, 0.05) is 17.8 Å². The first-order chi connectivity index (χ1) is 14.5. The molecule has 30 heavy (non-hydrogen) atoms. The number of amides is 1. The van der Waals surface area contributed by atoms with Crippen molar-refractivity contribution in [3.8, 4) is 11.5 Å². The smallest absolute Gasteiger partial charge is 0.282 e. The fourth-order valence-electron chi connectivity index (χ4n) is 4.02. The van der Waals surface area contributed by atoms with Gasteiger partial charge in [0.15, 0.2) is 18.0 Å². The Morgan fingerprint density at radius 3 is 2.20 bits per heavy atom. The molecule has 0 spiro atoms. The topological polar surface area (TPSA) is 47.7 Å². The quantitative estimate of drug-likeness (QED) is 0.644. The third-order valence-corrected chi connectivity index (χ3v) is 5.72. The molecular formula is C23H32FN3O3+2. The first kappa shape index (κ1) is 22.1. The van der Waals surface area contributed by atoms with Crippen LogP contribution in [-0.2, 0) is 11.3 Å². The molecule has 1 amide bonds. The van der Waals surface area contributed by atoms with Crippen LogP contribution < -0.4 is 24.2 Å². The van der Waals surface area contributed by atoms with E-state index in [0.29, 0.717) is 13.1 Å². The highest BCUT2D eigenvalue weighted by atomic mass is 19.1. The number of nitrogens with zero attached hydrogens (tertiary/aromatic N) is 1. The Kier molecular flexibility index (Phi) is 7.65. The lowest BCUT2D eigenvalue weighted by Gasteiger charge is -2.31. The lowest BCUT2D eigenvalue weighted by Crippen LogP contribution is -3.28. The summed E-state index contributed by atoms with van der Waals surface area (Å²) in [6.07, 6.45) is 0. The van der Waals surface area contributed by atoms with Crippen LogP contribution in [0.1, 0.15) is 12.5 Å². The average Bonchev–Trinajstić information content (AvgIpc) is 2.77. The van der Waals surface area contributed by atoms with Gasteiger partial charge in [0.1, 0.15) is 38.5 Å². The van der Waals surface area contributed by atoms with Crippen LogP contribution in [0.2, 0.25) is 0 Å². The van der Waals surface area contributed by atoms with Crippen molar-refractivity contribution < 1.29 is 28.5 Å². The Labute approximate surface area is 177 Å². The fraction of sp³-hybridized carbons (Fsp3) is 0.435. The van der Waals surface area contributed by atoms with E-state index in [-0.39, 0.29) is 11.7 Å². The van der Waals surface area contributed by atoms with Crippen molar-refractivity contribution in [2.75, 3.05) is 58.4 Å². The number of hydrogen-bond acceptors (Lipinski definition) is 3. The normalized spacial score (nSPS) is 18.7. The maximum absolute atomic E-state index is 13.2. The number of nitrogens with one attached hydrogen (secondary N) is 2. The second-order valence-electron chi connectivity index (χ2n) is 7.66. The predicted molar refractivity (Wildman–Crippen MR) is 114 cm³/mol. The van der Waals surface area contributed by atoms with Crippen molar-refractivity contribution in [3.63, 3.8) is 0 Å². The number of benzene rings is 2. The van der Waals surface area contributed by atoms with E-state index in [4.69, 9.17) is 9.47 Å². The van der Waals surface area contributed by atoms with Crippen LogP contribution >= 0.6 is 0 Å². The number of halogens is 1. The zero-order chi connectivity index (χ0) is 21.5. The molecule has 1 saturated heterocycles. The van der Waals surface area contributed by atoms with E-state index in [9.17, 15) is 9.18 Å². The van der Waals surface area contributed by atoms with Crippen LogP contribution in [0.15, 0.2) is 42.5 Å². The molecule has 6 nitrogen and oxygen atoms in total. The summed E-state index contributed by atoms with van der Waals surface area (Å²) in [5, 5.41) is 0. The molecule has 162 valence electrons. The lowest BCUT2D eigenvalue weighted by atomic mass is 10.1. The molecule has 0 atom stereocenters. The van der Waals surface area contributed by atoms with Gasteiger partial charge in [0.05, 0.1) is 14.2 Å². The zero-order valence-corrected chi connectivity index (χ0v) is 18.0. The van der Waals surface area contributed by atoms with Crippen molar-refractivity contribution in [3.05, 3.63) is 53.8 Å². The van der Waals surface area contributed by atoms with Gasteiger partial charge in [-0.05, 0) is 49.4 Å². The molecule has 1 heterocycles. The number of quaternary nitrogens is 2.